The highest BCUT2D eigenvalue weighted by molar-refractivity contribution is 5.81. The zero-order chi connectivity index (χ0) is 16.1. The van der Waals surface area contributed by atoms with Crippen molar-refractivity contribution in [3.8, 4) is 0 Å². The summed E-state index contributed by atoms with van der Waals surface area (Å²) in [5.74, 6) is -0.837. The Morgan fingerprint density at radius 1 is 1.14 bits per heavy atom. The van der Waals surface area contributed by atoms with E-state index in [9.17, 15) is 14.0 Å². The first kappa shape index (κ1) is 16.4. The van der Waals surface area contributed by atoms with E-state index in [0.717, 1.165) is 25.7 Å². The van der Waals surface area contributed by atoms with Crippen molar-refractivity contribution in [2.45, 2.75) is 50.7 Å². The van der Waals surface area contributed by atoms with E-state index < -0.39 is 11.9 Å². The van der Waals surface area contributed by atoms with Crippen LogP contribution in [-0.4, -0.2) is 23.9 Å². The molecule has 1 aliphatic rings. The Morgan fingerprint density at radius 2 is 1.68 bits per heavy atom. The van der Waals surface area contributed by atoms with Crippen molar-refractivity contribution in [3.63, 3.8) is 0 Å². The van der Waals surface area contributed by atoms with Crippen LogP contribution < -0.4 is 16.4 Å². The van der Waals surface area contributed by atoms with Crippen LogP contribution in [0.3, 0.4) is 0 Å². The van der Waals surface area contributed by atoms with Gasteiger partial charge in [0.1, 0.15) is 11.9 Å². The molecule has 120 valence electrons. The van der Waals surface area contributed by atoms with Crippen molar-refractivity contribution in [1.29, 1.82) is 0 Å². The summed E-state index contributed by atoms with van der Waals surface area (Å²) in [6, 6.07) is 5.52. The first-order valence-electron chi connectivity index (χ1n) is 7.53. The molecule has 1 aromatic carbocycles. The number of hydrogen-bond acceptors (Lipinski definition) is 3. The second-order valence-corrected chi connectivity index (χ2v) is 5.80. The number of nitrogens with one attached hydrogen (secondary N) is 2. The molecule has 2 rings (SSSR count). The van der Waals surface area contributed by atoms with Gasteiger partial charge in [-0.3, -0.25) is 14.9 Å². The zero-order valence-electron chi connectivity index (χ0n) is 12.6. The van der Waals surface area contributed by atoms with Gasteiger partial charge < -0.3 is 11.1 Å². The molecule has 0 aromatic heterocycles. The smallest absolute Gasteiger partial charge is 0.239 e. The van der Waals surface area contributed by atoms with Gasteiger partial charge in [0.25, 0.3) is 0 Å². The van der Waals surface area contributed by atoms with Gasteiger partial charge in [-0.1, -0.05) is 12.1 Å². The monoisotopic (exact) mass is 307 g/mol. The lowest BCUT2D eigenvalue weighted by Gasteiger charge is -2.31. The van der Waals surface area contributed by atoms with Crippen LogP contribution in [0.1, 0.15) is 44.2 Å². The highest BCUT2D eigenvalue weighted by Gasteiger charge is 2.26. The summed E-state index contributed by atoms with van der Waals surface area (Å²) in [5.41, 5.74) is 6.13. The van der Waals surface area contributed by atoms with E-state index in [4.69, 9.17) is 5.73 Å². The number of nitrogens with two attached hydrogens (primary N) is 1. The summed E-state index contributed by atoms with van der Waals surface area (Å²) in [7, 11) is 0. The molecule has 1 aliphatic carbocycles. The van der Waals surface area contributed by atoms with Gasteiger partial charge in [-0.15, -0.1) is 0 Å². The van der Waals surface area contributed by atoms with E-state index in [1.807, 2.05) is 0 Å². The largest absolute Gasteiger partial charge is 0.368 e. The molecule has 0 spiro atoms. The summed E-state index contributed by atoms with van der Waals surface area (Å²) < 4.78 is 13.0. The van der Waals surface area contributed by atoms with Gasteiger partial charge in [0.2, 0.25) is 11.8 Å². The third-order valence-corrected chi connectivity index (χ3v) is 4.02. The lowest BCUT2D eigenvalue weighted by Crippen LogP contribution is -2.45. The van der Waals surface area contributed by atoms with Crippen molar-refractivity contribution in [3.05, 3.63) is 35.6 Å². The Morgan fingerprint density at radius 3 is 2.18 bits per heavy atom. The van der Waals surface area contributed by atoms with Crippen LogP contribution in [0.25, 0.3) is 0 Å². The van der Waals surface area contributed by atoms with Crippen LogP contribution in [0.4, 0.5) is 4.39 Å². The highest BCUT2D eigenvalue weighted by atomic mass is 19.1. The summed E-state index contributed by atoms with van der Waals surface area (Å²) >= 11 is 0. The van der Waals surface area contributed by atoms with Gasteiger partial charge >= 0.3 is 0 Å². The van der Waals surface area contributed by atoms with Crippen LogP contribution in [0.2, 0.25) is 0 Å². The van der Waals surface area contributed by atoms with E-state index in [0.29, 0.717) is 5.56 Å². The Kier molecular flexibility index (Phi) is 5.49. The maximum Gasteiger partial charge on any atom is 0.239 e. The Bertz CT molecular complexity index is 525. The summed E-state index contributed by atoms with van der Waals surface area (Å²) in [5, 5.41) is 6.17. The number of primary amides is 1. The molecule has 5 nitrogen and oxygen atoms in total. The molecule has 6 heteroatoms. The first-order valence-corrected chi connectivity index (χ1v) is 7.53. The van der Waals surface area contributed by atoms with Gasteiger partial charge in [0.15, 0.2) is 0 Å². The molecule has 2 amide bonds. The first-order chi connectivity index (χ1) is 10.5. The molecule has 1 aromatic rings. The molecule has 1 fully saturated rings. The Labute approximate surface area is 129 Å². The van der Waals surface area contributed by atoms with Crippen LogP contribution in [0.5, 0.6) is 0 Å². The number of carbonyl (C=O) groups is 2. The molecule has 4 N–H and O–H groups in total. The third kappa shape index (κ3) is 4.53. The third-order valence-electron chi connectivity index (χ3n) is 4.02. The van der Waals surface area contributed by atoms with E-state index in [1.54, 1.807) is 12.1 Å². The van der Waals surface area contributed by atoms with Gasteiger partial charge in [-0.2, -0.15) is 0 Å². The van der Waals surface area contributed by atoms with E-state index in [2.05, 4.69) is 10.6 Å². The predicted molar refractivity (Wildman–Crippen MR) is 81.3 cm³/mol. The maximum absolute atomic E-state index is 13.0. The average Bonchev–Trinajstić information content (AvgIpc) is 2.47. The summed E-state index contributed by atoms with van der Waals surface area (Å²) in [6.07, 6.45) is 3.45. The maximum atomic E-state index is 13.0. The molecule has 1 atom stereocenters. The fraction of sp³-hybridized carbons (Fsp3) is 0.500. The molecule has 22 heavy (non-hydrogen) atoms. The SMILES string of the molecule is CC(=O)NC1CCC(NC(C(N)=O)c2ccc(F)cc2)CC1. The highest BCUT2D eigenvalue weighted by Crippen LogP contribution is 2.22. The van der Waals surface area contributed by atoms with Gasteiger partial charge in [0, 0.05) is 19.0 Å². The standard InChI is InChI=1S/C16H22FN3O2/c1-10(21)19-13-6-8-14(9-7-13)20-15(16(18)22)11-2-4-12(17)5-3-11/h2-5,13-15,20H,6-9H2,1H3,(H2,18,22)(H,19,21). The fourth-order valence-electron chi connectivity index (χ4n) is 2.93. The van der Waals surface area contributed by atoms with Gasteiger partial charge in [-0.05, 0) is 43.4 Å². The van der Waals surface area contributed by atoms with Crippen LogP contribution >= 0.6 is 0 Å². The molecule has 0 radical (unpaired) electrons. The summed E-state index contributed by atoms with van der Waals surface area (Å²) in [4.78, 5) is 22.7. The van der Waals surface area contributed by atoms with Gasteiger partial charge in [-0.25, -0.2) is 4.39 Å². The number of hydrogen-bond donors (Lipinski definition) is 3. The lowest BCUT2D eigenvalue weighted by atomic mass is 9.90. The van der Waals surface area contributed by atoms with E-state index in [-0.39, 0.29) is 23.8 Å². The number of halogens is 1. The second-order valence-electron chi connectivity index (χ2n) is 5.80. The van der Waals surface area contributed by atoms with Crippen LogP contribution in [0.15, 0.2) is 24.3 Å². The summed E-state index contributed by atoms with van der Waals surface area (Å²) in [6.45, 7) is 1.52. The van der Waals surface area contributed by atoms with Crippen molar-refractivity contribution in [2.75, 3.05) is 0 Å². The average molecular weight is 307 g/mol. The molecule has 0 aliphatic heterocycles. The Balaban J connectivity index is 1.94. The minimum atomic E-state index is -0.622. The number of rotatable bonds is 5. The predicted octanol–water partition coefficient (Wildman–Crippen LogP) is 1.39. The fourth-order valence-corrected chi connectivity index (χ4v) is 2.93. The van der Waals surface area contributed by atoms with Crippen LogP contribution in [0, 0.1) is 5.82 Å². The van der Waals surface area contributed by atoms with Crippen LogP contribution in [-0.2, 0) is 9.59 Å². The quantitative estimate of drug-likeness (QED) is 0.768. The molecule has 1 unspecified atom stereocenters. The van der Waals surface area contributed by atoms with Crippen molar-refractivity contribution in [1.82, 2.24) is 10.6 Å². The number of amides is 2. The molecule has 0 saturated heterocycles. The van der Waals surface area contributed by atoms with Crippen molar-refractivity contribution < 1.29 is 14.0 Å². The number of carbonyl (C=O) groups excluding carboxylic acids is 2. The van der Waals surface area contributed by atoms with E-state index >= 15 is 0 Å². The molecular weight excluding hydrogens is 285 g/mol. The van der Waals surface area contributed by atoms with Crippen molar-refractivity contribution >= 4 is 11.8 Å². The molecule has 0 heterocycles. The lowest BCUT2D eigenvalue weighted by molar-refractivity contribution is -0.120. The second kappa shape index (κ2) is 7.35. The topological polar surface area (TPSA) is 84.2 Å². The zero-order valence-corrected chi connectivity index (χ0v) is 12.6. The minimum Gasteiger partial charge on any atom is -0.368 e. The van der Waals surface area contributed by atoms with E-state index in [1.165, 1.54) is 19.1 Å². The molecular formula is C16H22FN3O2. The molecule has 1 saturated carbocycles. The van der Waals surface area contributed by atoms with Gasteiger partial charge in [0.05, 0.1) is 0 Å². The van der Waals surface area contributed by atoms with Crippen molar-refractivity contribution in [2.24, 2.45) is 5.73 Å². The minimum absolute atomic E-state index is 0.0160. The molecule has 0 bridgehead atoms. The number of benzene rings is 1. The normalized spacial score (nSPS) is 22.8. The Hall–Kier alpha value is -1.95.